The fourth-order valence-electron chi connectivity index (χ4n) is 2.70. The summed E-state index contributed by atoms with van der Waals surface area (Å²) < 4.78 is 1.08. The van der Waals surface area contributed by atoms with Crippen LogP contribution in [0.3, 0.4) is 0 Å². The molecule has 1 amide bonds. The van der Waals surface area contributed by atoms with Crippen LogP contribution in [0.5, 0.6) is 0 Å². The maximum absolute atomic E-state index is 11.9. The third kappa shape index (κ3) is 3.82. The maximum Gasteiger partial charge on any atom is 0.310 e. The van der Waals surface area contributed by atoms with Gasteiger partial charge in [-0.15, -0.1) is 11.3 Å². The van der Waals surface area contributed by atoms with Crippen molar-refractivity contribution in [1.82, 2.24) is 5.32 Å². The highest BCUT2D eigenvalue weighted by Crippen LogP contribution is 2.41. The number of carboxylic acids is 1. The van der Waals surface area contributed by atoms with E-state index in [2.05, 4.69) is 21.2 Å². The Kier molecular flexibility index (Phi) is 5.21. The number of carboxylic acid groups (broad SMARTS) is 1. The van der Waals surface area contributed by atoms with Gasteiger partial charge in [-0.3, -0.25) is 9.59 Å². The Balaban J connectivity index is 1.78. The number of aliphatic carboxylic acids is 1. The van der Waals surface area contributed by atoms with E-state index in [1.54, 1.807) is 11.3 Å². The zero-order chi connectivity index (χ0) is 14.6. The zero-order valence-electron chi connectivity index (χ0n) is 11.2. The van der Waals surface area contributed by atoms with Crippen molar-refractivity contribution < 1.29 is 14.7 Å². The van der Waals surface area contributed by atoms with E-state index in [0.29, 0.717) is 19.4 Å². The predicted octanol–water partition coefficient (Wildman–Crippen LogP) is 3.20. The molecule has 1 aliphatic rings. The van der Waals surface area contributed by atoms with Gasteiger partial charge in [-0.1, -0.05) is 12.8 Å². The maximum atomic E-state index is 11.9. The lowest BCUT2D eigenvalue weighted by molar-refractivity contribution is -0.151. The summed E-state index contributed by atoms with van der Waals surface area (Å²) in [7, 11) is 0. The summed E-state index contributed by atoms with van der Waals surface area (Å²) in [6.45, 7) is 0.557. The molecule has 1 aliphatic carbocycles. The van der Waals surface area contributed by atoms with E-state index in [0.717, 1.165) is 23.0 Å². The van der Waals surface area contributed by atoms with Crippen LogP contribution in [0, 0.1) is 5.41 Å². The molecule has 0 aliphatic heterocycles. The quantitative estimate of drug-likeness (QED) is 0.819. The molecule has 1 saturated carbocycles. The average Bonchev–Trinajstić information content (AvgIpc) is 2.99. The standard InChI is InChI=1S/C14H18BrNO3S/c15-11-4-3-10(20-11)5-8-16-12(17)9-14(13(18)19)6-1-2-7-14/h3-4H,1-2,5-9H2,(H,16,17)(H,18,19). The molecule has 2 rings (SSSR count). The van der Waals surface area contributed by atoms with Gasteiger partial charge >= 0.3 is 5.97 Å². The van der Waals surface area contributed by atoms with Gasteiger partial charge in [-0.05, 0) is 47.3 Å². The second-order valence-corrected chi connectivity index (χ2v) is 7.82. The molecule has 110 valence electrons. The van der Waals surface area contributed by atoms with E-state index in [1.165, 1.54) is 4.88 Å². The van der Waals surface area contributed by atoms with Gasteiger partial charge in [0, 0.05) is 17.8 Å². The summed E-state index contributed by atoms with van der Waals surface area (Å²) >= 11 is 5.05. The van der Waals surface area contributed by atoms with E-state index >= 15 is 0 Å². The van der Waals surface area contributed by atoms with Crippen LogP contribution in [0.15, 0.2) is 15.9 Å². The molecule has 1 aromatic heterocycles. The van der Waals surface area contributed by atoms with Crippen molar-refractivity contribution in [2.24, 2.45) is 5.41 Å². The minimum absolute atomic E-state index is 0.108. The van der Waals surface area contributed by atoms with Gasteiger partial charge in [0.2, 0.25) is 5.91 Å². The summed E-state index contributed by atoms with van der Waals surface area (Å²) in [5.41, 5.74) is -0.823. The van der Waals surface area contributed by atoms with Crippen LogP contribution in [-0.4, -0.2) is 23.5 Å². The normalized spacial score (nSPS) is 17.1. The lowest BCUT2D eigenvalue weighted by atomic mass is 9.82. The smallest absolute Gasteiger partial charge is 0.310 e. The van der Waals surface area contributed by atoms with Crippen LogP contribution in [-0.2, 0) is 16.0 Å². The average molecular weight is 360 g/mol. The molecule has 1 fully saturated rings. The second-order valence-electron chi connectivity index (χ2n) is 5.28. The Morgan fingerprint density at radius 1 is 1.35 bits per heavy atom. The number of nitrogens with one attached hydrogen (secondary N) is 1. The first kappa shape index (κ1) is 15.5. The van der Waals surface area contributed by atoms with Crippen molar-refractivity contribution in [3.05, 3.63) is 20.8 Å². The van der Waals surface area contributed by atoms with E-state index in [9.17, 15) is 14.7 Å². The summed E-state index contributed by atoms with van der Waals surface area (Å²) in [5, 5.41) is 12.2. The molecule has 0 aromatic carbocycles. The molecule has 1 aromatic rings. The van der Waals surface area contributed by atoms with Crippen molar-refractivity contribution >= 4 is 39.1 Å². The minimum atomic E-state index is -0.827. The van der Waals surface area contributed by atoms with Crippen molar-refractivity contribution in [1.29, 1.82) is 0 Å². The van der Waals surface area contributed by atoms with E-state index in [4.69, 9.17) is 0 Å². The zero-order valence-corrected chi connectivity index (χ0v) is 13.6. The number of carbonyl (C=O) groups is 2. The highest BCUT2D eigenvalue weighted by molar-refractivity contribution is 9.11. The van der Waals surface area contributed by atoms with Crippen LogP contribution in [0.1, 0.15) is 37.0 Å². The first-order valence-corrected chi connectivity index (χ1v) is 8.37. The summed E-state index contributed by atoms with van der Waals surface area (Å²) in [6, 6.07) is 4.01. The molecule has 1 heterocycles. The fraction of sp³-hybridized carbons (Fsp3) is 0.571. The summed E-state index contributed by atoms with van der Waals surface area (Å²) in [5.74, 6) is -0.975. The summed E-state index contributed by atoms with van der Waals surface area (Å²) in [4.78, 5) is 24.5. The Morgan fingerprint density at radius 2 is 2.05 bits per heavy atom. The summed E-state index contributed by atoms with van der Waals surface area (Å²) in [6.07, 6.45) is 3.94. The number of rotatable bonds is 6. The first-order chi connectivity index (χ1) is 9.52. The third-order valence-electron chi connectivity index (χ3n) is 3.84. The molecule has 20 heavy (non-hydrogen) atoms. The molecule has 0 atom stereocenters. The fourth-order valence-corrected chi connectivity index (χ4v) is 4.18. The Labute approximate surface area is 130 Å². The molecule has 0 radical (unpaired) electrons. The highest BCUT2D eigenvalue weighted by Gasteiger charge is 2.42. The Hall–Kier alpha value is -0.880. The van der Waals surface area contributed by atoms with Crippen LogP contribution in [0.25, 0.3) is 0 Å². The van der Waals surface area contributed by atoms with Gasteiger partial charge in [0.15, 0.2) is 0 Å². The predicted molar refractivity (Wildman–Crippen MR) is 81.9 cm³/mol. The molecule has 6 heteroatoms. The van der Waals surface area contributed by atoms with Crippen LogP contribution >= 0.6 is 27.3 Å². The van der Waals surface area contributed by atoms with Gasteiger partial charge < -0.3 is 10.4 Å². The van der Waals surface area contributed by atoms with Gasteiger partial charge in [0.05, 0.1) is 9.20 Å². The van der Waals surface area contributed by atoms with Crippen molar-refractivity contribution in [3.8, 4) is 0 Å². The van der Waals surface area contributed by atoms with Crippen LogP contribution in [0.2, 0.25) is 0 Å². The number of carbonyl (C=O) groups excluding carboxylic acids is 1. The number of hydrogen-bond acceptors (Lipinski definition) is 3. The SMILES string of the molecule is O=C(CC1(C(=O)O)CCCC1)NCCc1ccc(Br)s1. The van der Waals surface area contributed by atoms with Crippen molar-refractivity contribution in [2.75, 3.05) is 6.54 Å². The minimum Gasteiger partial charge on any atom is -0.481 e. The van der Waals surface area contributed by atoms with Gasteiger partial charge in [0.1, 0.15) is 0 Å². The molecule has 4 nitrogen and oxygen atoms in total. The lowest BCUT2D eigenvalue weighted by Gasteiger charge is -2.22. The molecule has 0 unspecified atom stereocenters. The van der Waals surface area contributed by atoms with Gasteiger partial charge in [-0.25, -0.2) is 0 Å². The van der Waals surface area contributed by atoms with Crippen LogP contribution < -0.4 is 5.32 Å². The van der Waals surface area contributed by atoms with Crippen molar-refractivity contribution in [3.63, 3.8) is 0 Å². The monoisotopic (exact) mass is 359 g/mol. The number of thiophene rings is 1. The Morgan fingerprint density at radius 3 is 2.60 bits per heavy atom. The second kappa shape index (κ2) is 6.72. The molecule has 0 saturated heterocycles. The first-order valence-electron chi connectivity index (χ1n) is 6.76. The highest BCUT2D eigenvalue weighted by atomic mass is 79.9. The van der Waals surface area contributed by atoms with Crippen LogP contribution in [0.4, 0.5) is 0 Å². The topological polar surface area (TPSA) is 66.4 Å². The Bertz CT molecular complexity index is 494. The molecular formula is C14H18BrNO3S. The van der Waals surface area contributed by atoms with E-state index in [1.807, 2.05) is 12.1 Å². The third-order valence-corrected chi connectivity index (χ3v) is 5.52. The molecule has 0 spiro atoms. The van der Waals surface area contributed by atoms with E-state index < -0.39 is 11.4 Å². The lowest BCUT2D eigenvalue weighted by Crippen LogP contribution is -2.36. The number of halogens is 1. The van der Waals surface area contributed by atoms with E-state index in [-0.39, 0.29) is 12.3 Å². The molecular weight excluding hydrogens is 342 g/mol. The van der Waals surface area contributed by atoms with Gasteiger partial charge in [-0.2, -0.15) is 0 Å². The van der Waals surface area contributed by atoms with Crippen molar-refractivity contribution in [2.45, 2.75) is 38.5 Å². The molecule has 2 N–H and O–H groups in total. The van der Waals surface area contributed by atoms with Gasteiger partial charge in [0.25, 0.3) is 0 Å². The number of hydrogen-bond donors (Lipinski definition) is 2. The largest absolute Gasteiger partial charge is 0.481 e. The molecule has 0 bridgehead atoms. The number of amides is 1.